The largest absolute Gasteiger partial charge is 0.491 e. The number of benzene rings is 1. The van der Waals surface area contributed by atoms with E-state index < -0.39 is 0 Å². The van der Waals surface area contributed by atoms with Gasteiger partial charge >= 0.3 is 0 Å². The van der Waals surface area contributed by atoms with Crippen LogP contribution in [0.4, 0.5) is 11.4 Å². The Balaban J connectivity index is 2.85. The zero-order valence-corrected chi connectivity index (χ0v) is 9.94. The summed E-state index contributed by atoms with van der Waals surface area (Å²) in [6, 6.07) is 5.69. The van der Waals surface area contributed by atoms with E-state index in [4.69, 9.17) is 15.6 Å². The van der Waals surface area contributed by atoms with Crippen LogP contribution in [0.1, 0.15) is 13.3 Å². The van der Waals surface area contributed by atoms with E-state index in [2.05, 4.69) is 6.92 Å². The van der Waals surface area contributed by atoms with E-state index in [1.54, 1.807) is 0 Å². The van der Waals surface area contributed by atoms with Crippen LogP contribution in [-0.2, 0) is 0 Å². The van der Waals surface area contributed by atoms with Gasteiger partial charge in [-0.1, -0.05) is 13.0 Å². The highest BCUT2D eigenvalue weighted by atomic mass is 16.5. The van der Waals surface area contributed by atoms with Gasteiger partial charge in [0, 0.05) is 13.6 Å². The van der Waals surface area contributed by atoms with Gasteiger partial charge in [-0.25, -0.2) is 0 Å². The molecule has 4 heteroatoms. The van der Waals surface area contributed by atoms with Crippen molar-refractivity contribution in [3.63, 3.8) is 0 Å². The molecule has 0 amide bonds. The Morgan fingerprint density at radius 1 is 1.44 bits per heavy atom. The fraction of sp³-hybridized carbons (Fsp3) is 0.500. The zero-order chi connectivity index (χ0) is 12.0. The molecule has 1 aromatic carbocycles. The number of aliphatic hydroxyl groups excluding tert-OH is 1. The molecule has 1 rings (SSSR count). The summed E-state index contributed by atoms with van der Waals surface area (Å²) in [5.41, 5.74) is 7.53. The van der Waals surface area contributed by atoms with Crippen LogP contribution >= 0.6 is 0 Å². The van der Waals surface area contributed by atoms with Gasteiger partial charge in [0.1, 0.15) is 5.75 Å². The van der Waals surface area contributed by atoms with Crippen LogP contribution in [0.5, 0.6) is 5.75 Å². The molecule has 0 atom stereocenters. The maximum Gasteiger partial charge on any atom is 0.144 e. The van der Waals surface area contributed by atoms with Gasteiger partial charge in [0.25, 0.3) is 0 Å². The molecule has 0 aliphatic heterocycles. The Bertz CT molecular complexity index is 329. The summed E-state index contributed by atoms with van der Waals surface area (Å²) in [4.78, 5) is 1.91. The predicted octanol–water partition coefficient (Wildman–Crippen LogP) is 1.49. The van der Waals surface area contributed by atoms with E-state index >= 15 is 0 Å². The number of para-hydroxylation sites is 1. The molecular weight excluding hydrogens is 204 g/mol. The normalized spacial score (nSPS) is 10.2. The van der Waals surface area contributed by atoms with Crippen molar-refractivity contribution in [2.24, 2.45) is 0 Å². The van der Waals surface area contributed by atoms with Crippen molar-refractivity contribution in [3.05, 3.63) is 18.2 Å². The van der Waals surface area contributed by atoms with Crippen LogP contribution in [-0.4, -0.2) is 31.9 Å². The third kappa shape index (κ3) is 3.03. The highest BCUT2D eigenvalue weighted by molar-refractivity contribution is 5.73. The Labute approximate surface area is 96.6 Å². The smallest absolute Gasteiger partial charge is 0.144 e. The lowest BCUT2D eigenvalue weighted by Crippen LogP contribution is -2.22. The van der Waals surface area contributed by atoms with E-state index in [1.165, 1.54) is 0 Å². The number of rotatable bonds is 6. The number of likely N-dealkylation sites (N-methyl/N-ethyl adjacent to an activating group) is 1. The Morgan fingerprint density at radius 2 is 2.19 bits per heavy atom. The van der Waals surface area contributed by atoms with Gasteiger partial charge in [-0.05, 0) is 18.6 Å². The van der Waals surface area contributed by atoms with E-state index in [0.717, 1.165) is 12.1 Å². The molecule has 3 N–H and O–H groups in total. The summed E-state index contributed by atoms with van der Waals surface area (Å²) in [6.45, 7) is 3.38. The first-order chi connectivity index (χ1) is 7.70. The van der Waals surface area contributed by atoms with E-state index in [9.17, 15) is 0 Å². The third-order valence-corrected chi connectivity index (χ3v) is 2.35. The summed E-state index contributed by atoms with van der Waals surface area (Å²) in [7, 11) is 1.89. The second-order valence-electron chi connectivity index (χ2n) is 3.68. The lowest BCUT2D eigenvalue weighted by atomic mass is 10.2. The summed E-state index contributed by atoms with van der Waals surface area (Å²) in [5, 5.41) is 8.89. The van der Waals surface area contributed by atoms with Crippen molar-refractivity contribution in [2.45, 2.75) is 13.3 Å². The highest BCUT2D eigenvalue weighted by Crippen LogP contribution is 2.31. The molecule has 90 valence electrons. The van der Waals surface area contributed by atoms with Crippen molar-refractivity contribution in [3.8, 4) is 5.75 Å². The van der Waals surface area contributed by atoms with E-state index in [0.29, 0.717) is 24.6 Å². The van der Waals surface area contributed by atoms with Gasteiger partial charge in [-0.2, -0.15) is 0 Å². The predicted molar refractivity (Wildman–Crippen MR) is 67.0 cm³/mol. The number of nitrogens with zero attached hydrogens (tertiary/aromatic N) is 1. The fourth-order valence-corrected chi connectivity index (χ4v) is 1.47. The van der Waals surface area contributed by atoms with Crippen LogP contribution in [0, 0.1) is 0 Å². The molecule has 0 radical (unpaired) electrons. The zero-order valence-electron chi connectivity index (χ0n) is 9.94. The number of nitrogens with two attached hydrogens (primary N) is 1. The molecule has 0 saturated carbocycles. The molecule has 0 unspecified atom stereocenters. The van der Waals surface area contributed by atoms with Crippen LogP contribution < -0.4 is 15.4 Å². The summed E-state index contributed by atoms with van der Waals surface area (Å²) >= 11 is 0. The van der Waals surface area contributed by atoms with Crippen LogP contribution in [0.25, 0.3) is 0 Å². The molecular formula is C12H20N2O2. The van der Waals surface area contributed by atoms with Crippen molar-refractivity contribution >= 4 is 11.4 Å². The molecule has 0 aromatic heterocycles. The van der Waals surface area contributed by atoms with Gasteiger partial charge in [0.2, 0.25) is 0 Å². The fourth-order valence-electron chi connectivity index (χ4n) is 1.47. The number of hydrogen-bond donors (Lipinski definition) is 2. The molecule has 0 spiro atoms. The third-order valence-electron chi connectivity index (χ3n) is 2.35. The van der Waals surface area contributed by atoms with Gasteiger partial charge in [0.05, 0.1) is 24.6 Å². The molecule has 0 bridgehead atoms. The molecule has 0 aliphatic carbocycles. The minimum Gasteiger partial charge on any atom is -0.491 e. The Kier molecular flexibility index (Phi) is 4.92. The number of aliphatic hydroxyl groups is 1. The van der Waals surface area contributed by atoms with Gasteiger partial charge < -0.3 is 20.5 Å². The SMILES string of the molecule is CCCOc1cccc(N(C)CCO)c1N. The van der Waals surface area contributed by atoms with Gasteiger partial charge in [-0.15, -0.1) is 0 Å². The lowest BCUT2D eigenvalue weighted by molar-refractivity contribution is 0.304. The average Bonchev–Trinajstić information content (AvgIpc) is 2.28. The molecule has 0 fully saturated rings. The van der Waals surface area contributed by atoms with Gasteiger partial charge in [0.15, 0.2) is 0 Å². The van der Waals surface area contributed by atoms with Crippen molar-refractivity contribution in [1.82, 2.24) is 0 Å². The number of ether oxygens (including phenoxy) is 1. The van der Waals surface area contributed by atoms with E-state index in [1.807, 2.05) is 30.1 Å². The van der Waals surface area contributed by atoms with Crippen molar-refractivity contribution in [1.29, 1.82) is 0 Å². The molecule has 0 saturated heterocycles. The molecule has 4 nitrogen and oxygen atoms in total. The number of hydrogen-bond acceptors (Lipinski definition) is 4. The van der Waals surface area contributed by atoms with Crippen LogP contribution in [0.3, 0.4) is 0 Å². The van der Waals surface area contributed by atoms with Crippen molar-refractivity contribution in [2.75, 3.05) is 37.4 Å². The standard InChI is InChI=1S/C12H20N2O2/c1-3-9-16-11-6-4-5-10(12(11)13)14(2)7-8-15/h4-6,15H,3,7-9,13H2,1-2H3. The summed E-state index contributed by atoms with van der Waals surface area (Å²) in [6.07, 6.45) is 0.955. The van der Waals surface area contributed by atoms with Crippen LogP contribution in [0.2, 0.25) is 0 Å². The maximum absolute atomic E-state index is 8.89. The van der Waals surface area contributed by atoms with Crippen molar-refractivity contribution < 1.29 is 9.84 Å². The van der Waals surface area contributed by atoms with Crippen LogP contribution in [0.15, 0.2) is 18.2 Å². The second kappa shape index (κ2) is 6.23. The quantitative estimate of drug-likeness (QED) is 0.719. The molecule has 0 heterocycles. The Morgan fingerprint density at radius 3 is 2.81 bits per heavy atom. The Hall–Kier alpha value is -1.42. The lowest BCUT2D eigenvalue weighted by Gasteiger charge is -2.21. The highest BCUT2D eigenvalue weighted by Gasteiger charge is 2.09. The molecule has 1 aromatic rings. The first kappa shape index (κ1) is 12.6. The number of anilines is 2. The monoisotopic (exact) mass is 224 g/mol. The molecule has 16 heavy (non-hydrogen) atoms. The van der Waals surface area contributed by atoms with Gasteiger partial charge in [-0.3, -0.25) is 0 Å². The second-order valence-corrected chi connectivity index (χ2v) is 3.68. The average molecular weight is 224 g/mol. The number of nitrogen functional groups attached to an aromatic ring is 1. The van der Waals surface area contributed by atoms with E-state index in [-0.39, 0.29) is 6.61 Å². The summed E-state index contributed by atoms with van der Waals surface area (Å²) < 4.78 is 5.54. The first-order valence-corrected chi connectivity index (χ1v) is 5.54. The first-order valence-electron chi connectivity index (χ1n) is 5.54. The topological polar surface area (TPSA) is 58.7 Å². The maximum atomic E-state index is 8.89. The minimum atomic E-state index is 0.107. The minimum absolute atomic E-state index is 0.107. The molecule has 0 aliphatic rings. The summed E-state index contributed by atoms with van der Waals surface area (Å²) in [5.74, 6) is 0.712.